The Hall–Kier alpha value is -1.48. The van der Waals surface area contributed by atoms with Crippen LogP contribution in [-0.4, -0.2) is 13.0 Å². The van der Waals surface area contributed by atoms with E-state index in [9.17, 15) is 4.79 Å². The van der Waals surface area contributed by atoms with Crippen molar-refractivity contribution in [3.8, 4) is 5.75 Å². The molecule has 2 fully saturated rings. The summed E-state index contributed by atoms with van der Waals surface area (Å²) in [6.07, 6.45) is 2.87. The van der Waals surface area contributed by atoms with Crippen LogP contribution in [0.15, 0.2) is 30.4 Å². The molecule has 2 saturated carbocycles. The number of hydrogen-bond donors (Lipinski definition) is 1. The zero-order valence-corrected chi connectivity index (χ0v) is 14.1. The van der Waals surface area contributed by atoms with Crippen molar-refractivity contribution >= 4 is 23.2 Å². The predicted octanol–water partition coefficient (Wildman–Crippen LogP) is 4.67. The molecular weight excluding hydrogens is 298 g/mol. The van der Waals surface area contributed by atoms with Crippen LogP contribution in [0.1, 0.15) is 33.1 Å². The molecule has 1 aromatic rings. The summed E-state index contributed by atoms with van der Waals surface area (Å²) in [5.74, 6) is 1.18. The van der Waals surface area contributed by atoms with Crippen molar-refractivity contribution in [2.24, 2.45) is 16.7 Å². The number of benzene rings is 1. The monoisotopic (exact) mass is 319 g/mol. The van der Waals surface area contributed by atoms with E-state index in [1.54, 1.807) is 25.3 Å². The van der Waals surface area contributed by atoms with Gasteiger partial charge in [-0.1, -0.05) is 37.6 Å². The summed E-state index contributed by atoms with van der Waals surface area (Å²) in [6, 6.07) is 5.24. The highest BCUT2D eigenvalue weighted by atomic mass is 35.5. The Kier molecular flexibility index (Phi) is 3.52. The van der Waals surface area contributed by atoms with Gasteiger partial charge in [-0.15, -0.1) is 0 Å². The fraction of sp³-hybridized carbons (Fsp3) is 0.500. The molecule has 1 N–H and O–H groups in total. The van der Waals surface area contributed by atoms with E-state index in [-0.39, 0.29) is 11.3 Å². The number of fused-ring (bicyclic) bond motifs is 2. The molecule has 0 aliphatic heterocycles. The Morgan fingerprint density at radius 3 is 2.77 bits per heavy atom. The van der Waals surface area contributed by atoms with Gasteiger partial charge in [0.25, 0.3) is 0 Å². The van der Waals surface area contributed by atoms with E-state index in [0.717, 1.165) is 24.8 Å². The highest BCUT2D eigenvalue weighted by Gasteiger charge is 2.60. The Morgan fingerprint density at radius 1 is 1.45 bits per heavy atom. The van der Waals surface area contributed by atoms with Crippen LogP contribution in [0.5, 0.6) is 5.75 Å². The average Bonchev–Trinajstić information content (AvgIpc) is 2.99. The summed E-state index contributed by atoms with van der Waals surface area (Å²) in [4.78, 5) is 13.0. The van der Waals surface area contributed by atoms with E-state index in [4.69, 9.17) is 16.3 Å². The van der Waals surface area contributed by atoms with Crippen LogP contribution in [0, 0.1) is 16.7 Å². The first-order chi connectivity index (χ1) is 10.3. The third-order valence-corrected chi connectivity index (χ3v) is 5.97. The lowest BCUT2D eigenvalue weighted by Gasteiger charge is -2.37. The average molecular weight is 320 g/mol. The summed E-state index contributed by atoms with van der Waals surface area (Å²) in [7, 11) is 1.58. The number of methoxy groups -OCH3 is 1. The minimum Gasteiger partial charge on any atom is -0.495 e. The van der Waals surface area contributed by atoms with Crippen molar-refractivity contribution in [1.82, 2.24) is 0 Å². The van der Waals surface area contributed by atoms with Gasteiger partial charge in [0.2, 0.25) is 5.91 Å². The van der Waals surface area contributed by atoms with E-state index in [1.807, 2.05) is 0 Å². The van der Waals surface area contributed by atoms with Crippen LogP contribution >= 0.6 is 11.6 Å². The molecular formula is C18H22ClNO2. The molecule has 2 bridgehead atoms. The number of ether oxygens (including phenoxy) is 1. The first-order valence-corrected chi connectivity index (χ1v) is 8.04. The van der Waals surface area contributed by atoms with Crippen molar-refractivity contribution < 1.29 is 9.53 Å². The summed E-state index contributed by atoms with van der Waals surface area (Å²) in [6.45, 7) is 8.67. The van der Waals surface area contributed by atoms with Crippen LogP contribution < -0.4 is 10.1 Å². The van der Waals surface area contributed by atoms with Gasteiger partial charge in [0.05, 0.1) is 18.2 Å². The third-order valence-electron chi connectivity index (χ3n) is 5.73. The lowest BCUT2D eigenvalue weighted by molar-refractivity contribution is -0.123. The molecule has 2 aliphatic rings. The molecule has 0 unspecified atom stereocenters. The van der Waals surface area contributed by atoms with Crippen molar-refractivity contribution in [1.29, 1.82) is 0 Å². The number of amides is 1. The summed E-state index contributed by atoms with van der Waals surface area (Å²) < 4.78 is 5.31. The second-order valence-electron chi connectivity index (χ2n) is 7.02. The number of nitrogens with one attached hydrogen (secondary N) is 1. The second-order valence-corrected chi connectivity index (χ2v) is 7.46. The highest BCUT2D eigenvalue weighted by molar-refractivity contribution is 6.31. The van der Waals surface area contributed by atoms with Gasteiger partial charge < -0.3 is 10.1 Å². The summed E-state index contributed by atoms with van der Waals surface area (Å²) in [5.41, 5.74) is 1.28. The van der Waals surface area contributed by atoms with E-state index in [0.29, 0.717) is 22.4 Å². The zero-order valence-electron chi connectivity index (χ0n) is 13.3. The minimum absolute atomic E-state index is 0.0196. The highest BCUT2D eigenvalue weighted by Crippen LogP contribution is 2.65. The first kappa shape index (κ1) is 15.4. The zero-order chi connectivity index (χ0) is 16.1. The van der Waals surface area contributed by atoms with Crippen LogP contribution in [-0.2, 0) is 4.79 Å². The van der Waals surface area contributed by atoms with Gasteiger partial charge in [-0.2, -0.15) is 0 Å². The molecule has 118 valence electrons. The molecule has 1 amide bonds. The van der Waals surface area contributed by atoms with Crippen molar-refractivity contribution in [3.63, 3.8) is 0 Å². The normalized spacial score (nSPS) is 28.7. The van der Waals surface area contributed by atoms with Crippen molar-refractivity contribution in [3.05, 3.63) is 35.4 Å². The maximum atomic E-state index is 13.0. The van der Waals surface area contributed by atoms with Crippen LogP contribution in [0.25, 0.3) is 0 Å². The van der Waals surface area contributed by atoms with E-state index in [2.05, 4.69) is 25.7 Å². The van der Waals surface area contributed by atoms with Crippen LogP contribution in [0.4, 0.5) is 5.69 Å². The maximum absolute atomic E-state index is 13.0. The van der Waals surface area contributed by atoms with Gasteiger partial charge in [-0.05, 0) is 48.8 Å². The number of hydrogen-bond acceptors (Lipinski definition) is 2. The van der Waals surface area contributed by atoms with Crippen molar-refractivity contribution in [2.45, 2.75) is 33.1 Å². The van der Waals surface area contributed by atoms with E-state index in [1.165, 1.54) is 0 Å². The molecule has 0 radical (unpaired) electrons. The minimum atomic E-state index is -0.443. The summed E-state index contributed by atoms with van der Waals surface area (Å²) >= 11 is 6.04. The Balaban J connectivity index is 1.90. The van der Waals surface area contributed by atoms with Gasteiger partial charge in [0, 0.05) is 5.02 Å². The van der Waals surface area contributed by atoms with Gasteiger partial charge in [-0.3, -0.25) is 4.79 Å². The molecule has 22 heavy (non-hydrogen) atoms. The molecule has 2 aliphatic carbocycles. The summed E-state index contributed by atoms with van der Waals surface area (Å²) in [5, 5.41) is 3.59. The molecule has 0 heterocycles. The Morgan fingerprint density at radius 2 is 2.18 bits per heavy atom. The van der Waals surface area contributed by atoms with Crippen LogP contribution in [0.2, 0.25) is 5.02 Å². The van der Waals surface area contributed by atoms with E-state index >= 15 is 0 Å². The van der Waals surface area contributed by atoms with Gasteiger partial charge in [-0.25, -0.2) is 0 Å². The quantitative estimate of drug-likeness (QED) is 0.822. The fourth-order valence-corrected chi connectivity index (χ4v) is 4.33. The van der Waals surface area contributed by atoms with Gasteiger partial charge >= 0.3 is 0 Å². The largest absolute Gasteiger partial charge is 0.495 e. The molecule has 2 atom stereocenters. The lowest BCUT2D eigenvalue weighted by Crippen LogP contribution is -2.37. The number of halogens is 1. The molecule has 0 spiro atoms. The van der Waals surface area contributed by atoms with E-state index < -0.39 is 5.41 Å². The molecule has 0 saturated heterocycles. The Labute approximate surface area is 136 Å². The number of rotatable bonds is 3. The number of carbonyl (C=O) groups excluding carboxylic acids is 1. The second kappa shape index (κ2) is 5.02. The SMILES string of the molecule is C=C1C(C)(C)[C@@H]2CC[C@]1(C(=O)Nc1cc(Cl)ccc1OC)C2. The van der Waals surface area contributed by atoms with Gasteiger partial charge in [0.15, 0.2) is 0 Å². The molecule has 3 rings (SSSR count). The molecule has 4 heteroatoms. The topological polar surface area (TPSA) is 38.3 Å². The number of anilines is 1. The predicted molar refractivity (Wildman–Crippen MR) is 89.3 cm³/mol. The molecule has 0 aromatic heterocycles. The number of carbonyl (C=O) groups is 1. The first-order valence-electron chi connectivity index (χ1n) is 7.66. The lowest BCUT2D eigenvalue weighted by atomic mass is 9.68. The maximum Gasteiger partial charge on any atom is 0.234 e. The molecule has 1 aromatic carbocycles. The van der Waals surface area contributed by atoms with Gasteiger partial charge in [0.1, 0.15) is 5.75 Å². The fourth-order valence-electron chi connectivity index (χ4n) is 4.16. The molecule has 3 nitrogen and oxygen atoms in total. The third kappa shape index (κ3) is 2.06. The standard InChI is InChI=1S/C18H22ClNO2/c1-11-17(2,3)12-7-8-18(11,10-12)16(21)20-14-9-13(19)5-6-15(14)22-4/h5-6,9,12H,1,7-8,10H2,2-4H3,(H,20,21)/t12-,18+/m1/s1. The van der Waals surface area contributed by atoms with Crippen LogP contribution in [0.3, 0.4) is 0 Å². The van der Waals surface area contributed by atoms with Crippen molar-refractivity contribution in [2.75, 3.05) is 12.4 Å². The Bertz CT molecular complexity index is 652. The smallest absolute Gasteiger partial charge is 0.234 e.